The Balaban J connectivity index is 0.000000550. The van der Waals surface area contributed by atoms with E-state index in [-0.39, 0.29) is 42.8 Å². The van der Waals surface area contributed by atoms with E-state index in [9.17, 15) is 16.8 Å². The highest BCUT2D eigenvalue weighted by Gasteiger charge is 2.13. The Labute approximate surface area is 227 Å². The van der Waals surface area contributed by atoms with Crippen molar-refractivity contribution in [1.29, 1.82) is 0 Å². The molecule has 0 heterocycles. The van der Waals surface area contributed by atoms with Crippen LogP contribution >= 0.6 is 42.5 Å². The molecule has 2 rings (SSSR count). The number of rotatable bonds is 12. The fraction of sp³-hybridized carbons (Fsp3) is 0.400. The normalized spacial score (nSPS) is 11.1. The highest BCUT2D eigenvalue weighted by atomic mass is 79.9. The molecule has 200 valence electrons. The highest BCUT2D eigenvalue weighted by molar-refractivity contribution is 9.10. The van der Waals surface area contributed by atoms with Crippen LogP contribution in [0.15, 0.2) is 67.3 Å². The minimum absolute atomic E-state index is 0.0710. The predicted octanol–water partition coefficient (Wildman–Crippen LogP) is 2.07. The van der Waals surface area contributed by atoms with Crippen molar-refractivity contribution in [1.82, 2.24) is 4.72 Å². The summed E-state index contributed by atoms with van der Waals surface area (Å²) in [6, 6.07) is 12.7. The van der Waals surface area contributed by atoms with E-state index in [2.05, 4.69) is 36.6 Å². The van der Waals surface area contributed by atoms with Crippen LogP contribution < -0.4 is 10.5 Å². The van der Waals surface area contributed by atoms with E-state index >= 15 is 0 Å². The van der Waals surface area contributed by atoms with Crippen LogP contribution in [0.25, 0.3) is 0 Å². The molecule has 0 aliphatic carbocycles. The number of ether oxygens (including phenoxy) is 2. The molecular formula is C20H29Br2ClN2O8S2. The SMILES string of the molecule is NCCOCCO.O=S(=O)(Cl)c1cccc(Br)c1.O=S(=O)(NCCOCCO)c1cccc(Br)c1. The van der Waals surface area contributed by atoms with Crippen LogP contribution in [0.5, 0.6) is 0 Å². The number of hydrogen-bond acceptors (Lipinski definition) is 9. The number of nitrogens with two attached hydrogens (primary N) is 1. The van der Waals surface area contributed by atoms with Gasteiger partial charge in [0.05, 0.1) is 49.4 Å². The summed E-state index contributed by atoms with van der Waals surface area (Å²) in [7, 11) is -1.99. The Hall–Kier alpha value is -0.650. The molecule has 0 spiro atoms. The Kier molecular flexibility index (Phi) is 19.1. The van der Waals surface area contributed by atoms with Gasteiger partial charge in [-0.2, -0.15) is 0 Å². The molecule has 0 aliphatic heterocycles. The van der Waals surface area contributed by atoms with E-state index in [0.717, 1.165) is 0 Å². The van der Waals surface area contributed by atoms with Gasteiger partial charge in [0, 0.05) is 32.7 Å². The van der Waals surface area contributed by atoms with Crippen molar-refractivity contribution in [3.05, 3.63) is 57.5 Å². The number of sulfonamides is 1. The van der Waals surface area contributed by atoms with Crippen molar-refractivity contribution < 1.29 is 36.5 Å². The van der Waals surface area contributed by atoms with Gasteiger partial charge in [-0.3, -0.25) is 0 Å². The van der Waals surface area contributed by atoms with E-state index in [4.69, 9.17) is 36.1 Å². The van der Waals surface area contributed by atoms with Gasteiger partial charge in [-0.25, -0.2) is 21.6 Å². The molecule has 5 N–H and O–H groups in total. The Morgan fingerprint density at radius 1 is 0.829 bits per heavy atom. The standard InChI is InChI=1S/C10H14BrNO4S.C6H4BrClO2S.C4H11NO2/c11-9-2-1-3-10(8-9)17(14,15)12-4-6-16-7-5-13;7-5-2-1-3-6(4-5)11(8,9)10;5-1-3-7-4-2-6/h1-3,8,12-13H,4-7H2;1-4H;6H,1-5H2. The molecule has 2 aromatic rings. The molecular weight excluding hydrogens is 656 g/mol. The first-order valence-corrected chi connectivity index (χ1v) is 15.4. The summed E-state index contributed by atoms with van der Waals surface area (Å²) < 4.78 is 58.5. The van der Waals surface area contributed by atoms with Crippen LogP contribution in [0.1, 0.15) is 0 Å². The Bertz CT molecular complexity index is 1060. The number of hydrogen-bond donors (Lipinski definition) is 4. The van der Waals surface area contributed by atoms with Gasteiger partial charge in [0.1, 0.15) is 0 Å². The van der Waals surface area contributed by atoms with Gasteiger partial charge in [0.15, 0.2) is 0 Å². The smallest absolute Gasteiger partial charge is 0.261 e. The fourth-order valence-corrected chi connectivity index (χ4v) is 4.96. The Morgan fingerprint density at radius 2 is 1.31 bits per heavy atom. The van der Waals surface area contributed by atoms with Crippen molar-refractivity contribution >= 4 is 61.6 Å². The summed E-state index contributed by atoms with van der Waals surface area (Å²) in [5.74, 6) is 0. The second kappa shape index (κ2) is 19.5. The van der Waals surface area contributed by atoms with E-state index in [1.807, 2.05) is 0 Å². The number of nitrogens with one attached hydrogen (secondary N) is 1. The van der Waals surface area contributed by atoms with E-state index < -0.39 is 19.1 Å². The van der Waals surface area contributed by atoms with Gasteiger partial charge in [0.2, 0.25) is 10.0 Å². The lowest BCUT2D eigenvalue weighted by Crippen LogP contribution is -2.27. The summed E-state index contributed by atoms with van der Waals surface area (Å²) in [6.45, 7) is 2.09. The third kappa shape index (κ3) is 17.4. The molecule has 0 unspecified atom stereocenters. The predicted molar refractivity (Wildman–Crippen MR) is 141 cm³/mol. The van der Waals surface area contributed by atoms with Crippen LogP contribution in [0.4, 0.5) is 0 Å². The minimum Gasteiger partial charge on any atom is -0.394 e. The van der Waals surface area contributed by atoms with Crippen LogP contribution in [-0.4, -0.2) is 79.8 Å². The number of benzene rings is 2. The van der Waals surface area contributed by atoms with Gasteiger partial charge in [-0.1, -0.05) is 44.0 Å². The molecule has 15 heteroatoms. The number of aliphatic hydroxyl groups is 2. The van der Waals surface area contributed by atoms with Crippen LogP contribution in [-0.2, 0) is 28.5 Å². The topological polar surface area (TPSA) is 165 Å². The number of halogens is 3. The third-order valence-corrected chi connectivity index (χ3v) is 7.25. The lowest BCUT2D eigenvalue weighted by Gasteiger charge is -2.07. The average molecular weight is 685 g/mol. The zero-order valence-electron chi connectivity index (χ0n) is 18.6. The lowest BCUT2D eigenvalue weighted by molar-refractivity contribution is 0.0961. The van der Waals surface area contributed by atoms with Crippen LogP contribution in [0.2, 0.25) is 0 Å². The molecule has 35 heavy (non-hydrogen) atoms. The maximum absolute atomic E-state index is 11.8. The molecule has 10 nitrogen and oxygen atoms in total. The summed E-state index contributed by atoms with van der Waals surface area (Å²) >= 11 is 6.34. The van der Waals surface area contributed by atoms with Crippen molar-refractivity contribution in [2.75, 3.05) is 52.7 Å². The maximum Gasteiger partial charge on any atom is 0.261 e. The van der Waals surface area contributed by atoms with Gasteiger partial charge < -0.3 is 25.4 Å². The van der Waals surface area contributed by atoms with Gasteiger partial charge in [0.25, 0.3) is 9.05 Å². The second-order valence-corrected chi connectivity index (χ2v) is 12.4. The molecule has 0 atom stereocenters. The van der Waals surface area contributed by atoms with Gasteiger partial charge >= 0.3 is 0 Å². The molecule has 0 amide bonds. The molecule has 0 radical (unpaired) electrons. The molecule has 0 saturated heterocycles. The first-order valence-electron chi connectivity index (χ1n) is 10.0. The highest BCUT2D eigenvalue weighted by Crippen LogP contribution is 2.19. The van der Waals surface area contributed by atoms with Crippen molar-refractivity contribution in [2.45, 2.75) is 9.79 Å². The molecule has 0 bridgehead atoms. The molecule has 0 saturated carbocycles. The number of aliphatic hydroxyl groups excluding tert-OH is 2. The molecule has 0 aromatic heterocycles. The second-order valence-electron chi connectivity index (χ2n) is 6.21. The monoisotopic (exact) mass is 682 g/mol. The Morgan fingerprint density at radius 3 is 1.74 bits per heavy atom. The minimum atomic E-state index is -3.58. The largest absolute Gasteiger partial charge is 0.394 e. The molecule has 2 aromatic carbocycles. The van der Waals surface area contributed by atoms with Crippen molar-refractivity contribution in [3.63, 3.8) is 0 Å². The van der Waals surface area contributed by atoms with E-state index in [1.165, 1.54) is 24.3 Å². The maximum atomic E-state index is 11.8. The van der Waals surface area contributed by atoms with Gasteiger partial charge in [-0.15, -0.1) is 0 Å². The van der Waals surface area contributed by atoms with Crippen molar-refractivity contribution in [3.8, 4) is 0 Å². The van der Waals surface area contributed by atoms with E-state index in [0.29, 0.717) is 28.7 Å². The summed E-state index contributed by atoms with van der Waals surface area (Å²) in [4.78, 5) is 0.308. The molecule has 0 fully saturated rings. The van der Waals surface area contributed by atoms with Crippen LogP contribution in [0.3, 0.4) is 0 Å². The van der Waals surface area contributed by atoms with Crippen molar-refractivity contribution in [2.24, 2.45) is 5.73 Å². The summed E-state index contributed by atoms with van der Waals surface area (Å²) in [5, 5.41) is 16.6. The fourth-order valence-electron chi connectivity index (χ4n) is 2.00. The van der Waals surface area contributed by atoms with Gasteiger partial charge in [-0.05, 0) is 36.4 Å². The zero-order valence-corrected chi connectivity index (χ0v) is 24.2. The van der Waals surface area contributed by atoms with E-state index in [1.54, 1.807) is 24.3 Å². The zero-order chi connectivity index (χ0) is 26.7. The summed E-state index contributed by atoms with van der Waals surface area (Å²) in [6.07, 6.45) is 0. The third-order valence-electron chi connectivity index (χ3n) is 3.46. The first kappa shape index (κ1) is 34.4. The first-order chi connectivity index (χ1) is 16.5. The lowest BCUT2D eigenvalue weighted by atomic mass is 10.4. The average Bonchev–Trinajstić information content (AvgIpc) is 2.80. The van der Waals surface area contributed by atoms with Crippen LogP contribution in [0, 0.1) is 0 Å². The molecule has 0 aliphatic rings. The summed E-state index contributed by atoms with van der Waals surface area (Å²) in [5.41, 5.74) is 5.06. The quantitative estimate of drug-likeness (QED) is 0.194.